The molecule has 110 valence electrons. The van der Waals surface area contributed by atoms with E-state index in [1.807, 2.05) is 18.2 Å². The summed E-state index contributed by atoms with van der Waals surface area (Å²) in [7, 11) is 0. The summed E-state index contributed by atoms with van der Waals surface area (Å²) in [6.45, 7) is 2.25. The van der Waals surface area contributed by atoms with E-state index in [-0.39, 0.29) is 5.91 Å². The van der Waals surface area contributed by atoms with Crippen molar-refractivity contribution in [2.45, 2.75) is 18.6 Å². The minimum Gasteiger partial charge on any atom is -0.381 e. The van der Waals surface area contributed by atoms with Crippen LogP contribution < -0.4 is 5.32 Å². The number of amides is 1. The van der Waals surface area contributed by atoms with Gasteiger partial charge in [0.05, 0.1) is 0 Å². The third-order valence-electron chi connectivity index (χ3n) is 3.22. The van der Waals surface area contributed by atoms with Crippen LogP contribution in [0.25, 0.3) is 0 Å². The molecule has 0 spiro atoms. The van der Waals surface area contributed by atoms with E-state index in [1.165, 1.54) is 5.56 Å². The van der Waals surface area contributed by atoms with Crippen LogP contribution in [0.5, 0.6) is 0 Å². The number of ether oxygens (including phenoxy) is 1. The molecule has 0 aromatic heterocycles. The van der Waals surface area contributed by atoms with Gasteiger partial charge < -0.3 is 10.1 Å². The number of carbonyl (C=O) groups excluding carboxylic acids is 1. The summed E-state index contributed by atoms with van der Waals surface area (Å²) < 4.78 is 5.26. The van der Waals surface area contributed by atoms with Crippen LogP contribution in [0.3, 0.4) is 0 Å². The number of halogens is 1. The molecule has 1 aromatic carbocycles. The van der Waals surface area contributed by atoms with Crippen molar-refractivity contribution >= 4 is 29.3 Å². The fraction of sp³-hybridized carbons (Fsp3) is 0.533. The molecule has 0 unspecified atom stereocenters. The lowest BCUT2D eigenvalue weighted by Crippen LogP contribution is -2.27. The lowest BCUT2D eigenvalue weighted by molar-refractivity contribution is -0.121. The van der Waals surface area contributed by atoms with E-state index in [1.54, 1.807) is 11.8 Å². The third kappa shape index (κ3) is 5.73. The fourth-order valence-electron chi connectivity index (χ4n) is 2.16. The van der Waals surface area contributed by atoms with E-state index >= 15 is 0 Å². The molecule has 1 atom stereocenters. The Balaban J connectivity index is 1.53. The molecule has 0 saturated carbocycles. The average molecular weight is 314 g/mol. The van der Waals surface area contributed by atoms with Crippen LogP contribution in [0.4, 0.5) is 0 Å². The molecule has 2 rings (SSSR count). The summed E-state index contributed by atoms with van der Waals surface area (Å²) in [6, 6.07) is 7.89. The molecular formula is C15H20ClNO2S. The molecule has 0 radical (unpaired) electrons. The van der Waals surface area contributed by atoms with Gasteiger partial charge in [0.25, 0.3) is 0 Å². The van der Waals surface area contributed by atoms with E-state index in [9.17, 15) is 4.79 Å². The second-order valence-corrected chi connectivity index (χ2v) is 6.51. The van der Waals surface area contributed by atoms with Crippen molar-refractivity contribution in [2.75, 3.05) is 25.5 Å². The molecule has 1 aliphatic heterocycles. The number of hydrogen-bond acceptors (Lipinski definition) is 3. The normalized spacial score (nSPS) is 18.1. The predicted molar refractivity (Wildman–Crippen MR) is 84.2 cm³/mol. The van der Waals surface area contributed by atoms with Gasteiger partial charge in [0, 0.05) is 42.7 Å². The zero-order valence-electron chi connectivity index (χ0n) is 11.4. The maximum Gasteiger partial charge on any atom is 0.220 e. The van der Waals surface area contributed by atoms with Gasteiger partial charge in [0.15, 0.2) is 0 Å². The highest BCUT2D eigenvalue weighted by Gasteiger charge is 2.18. The third-order valence-corrected chi connectivity index (χ3v) is 4.49. The Morgan fingerprint density at radius 1 is 1.50 bits per heavy atom. The summed E-state index contributed by atoms with van der Waals surface area (Å²) in [4.78, 5) is 11.7. The topological polar surface area (TPSA) is 38.3 Å². The Labute approximate surface area is 129 Å². The van der Waals surface area contributed by atoms with E-state index in [4.69, 9.17) is 16.3 Å². The standard InChI is InChI=1S/C15H20ClNO2S/c16-14-3-1-2-13(8-14)11-20-7-5-17-15(18)9-12-4-6-19-10-12/h1-3,8,12H,4-7,9-11H2,(H,17,18)/t12-/m1/s1. The van der Waals surface area contributed by atoms with Crippen LogP contribution >= 0.6 is 23.4 Å². The first-order valence-corrected chi connectivity index (χ1v) is 8.44. The molecule has 0 aliphatic carbocycles. The monoisotopic (exact) mass is 313 g/mol. The van der Waals surface area contributed by atoms with Crippen molar-refractivity contribution in [3.8, 4) is 0 Å². The van der Waals surface area contributed by atoms with E-state index in [0.717, 1.165) is 42.7 Å². The van der Waals surface area contributed by atoms with Crippen molar-refractivity contribution in [3.05, 3.63) is 34.9 Å². The minimum absolute atomic E-state index is 0.142. The minimum atomic E-state index is 0.142. The largest absolute Gasteiger partial charge is 0.381 e. The van der Waals surface area contributed by atoms with Crippen LogP contribution in [-0.2, 0) is 15.3 Å². The summed E-state index contributed by atoms with van der Waals surface area (Å²) in [5.74, 6) is 2.39. The van der Waals surface area contributed by atoms with E-state index < -0.39 is 0 Å². The highest BCUT2D eigenvalue weighted by molar-refractivity contribution is 7.98. The second kappa shape index (κ2) is 8.55. The summed E-state index contributed by atoms with van der Waals surface area (Å²) in [6.07, 6.45) is 1.61. The smallest absolute Gasteiger partial charge is 0.220 e. The number of rotatable bonds is 7. The Bertz CT molecular complexity index is 436. The maximum atomic E-state index is 11.7. The maximum absolute atomic E-state index is 11.7. The van der Waals surface area contributed by atoms with Gasteiger partial charge >= 0.3 is 0 Å². The zero-order valence-corrected chi connectivity index (χ0v) is 13.0. The van der Waals surface area contributed by atoms with E-state index in [0.29, 0.717) is 12.3 Å². The number of thioether (sulfide) groups is 1. The van der Waals surface area contributed by atoms with Gasteiger partial charge in [-0.2, -0.15) is 11.8 Å². The predicted octanol–water partition coefficient (Wildman–Crippen LogP) is 3.12. The van der Waals surface area contributed by atoms with Crippen molar-refractivity contribution in [3.63, 3.8) is 0 Å². The van der Waals surface area contributed by atoms with Gasteiger partial charge in [-0.1, -0.05) is 23.7 Å². The SMILES string of the molecule is O=C(C[C@H]1CCOC1)NCCSCc1cccc(Cl)c1. The molecule has 5 heteroatoms. The quantitative estimate of drug-likeness (QED) is 0.786. The van der Waals surface area contributed by atoms with Crippen LogP contribution in [-0.4, -0.2) is 31.4 Å². The average Bonchev–Trinajstić information content (AvgIpc) is 2.91. The molecule has 20 heavy (non-hydrogen) atoms. The number of carbonyl (C=O) groups is 1. The first-order chi connectivity index (χ1) is 9.74. The van der Waals surface area contributed by atoms with Crippen molar-refractivity contribution in [1.82, 2.24) is 5.32 Å². The Kier molecular flexibility index (Phi) is 6.70. The summed E-state index contributed by atoms with van der Waals surface area (Å²) in [5.41, 5.74) is 1.22. The number of hydrogen-bond donors (Lipinski definition) is 1. The molecule has 1 N–H and O–H groups in total. The molecule has 1 amide bonds. The fourth-order valence-corrected chi connectivity index (χ4v) is 3.18. The van der Waals surface area contributed by atoms with Gasteiger partial charge in [-0.15, -0.1) is 0 Å². The first kappa shape index (κ1) is 15.7. The molecule has 3 nitrogen and oxygen atoms in total. The van der Waals surface area contributed by atoms with Gasteiger partial charge in [0.1, 0.15) is 0 Å². The van der Waals surface area contributed by atoms with Gasteiger partial charge in [0.2, 0.25) is 5.91 Å². The van der Waals surface area contributed by atoms with Crippen molar-refractivity contribution < 1.29 is 9.53 Å². The van der Waals surface area contributed by atoms with Crippen LogP contribution in [0.1, 0.15) is 18.4 Å². The summed E-state index contributed by atoms with van der Waals surface area (Å²) >= 11 is 7.73. The van der Waals surface area contributed by atoms with Crippen LogP contribution in [0.15, 0.2) is 24.3 Å². The highest BCUT2D eigenvalue weighted by atomic mass is 35.5. The molecule has 1 aliphatic rings. The lowest BCUT2D eigenvalue weighted by Gasteiger charge is -2.08. The van der Waals surface area contributed by atoms with Crippen molar-refractivity contribution in [2.24, 2.45) is 5.92 Å². The Morgan fingerprint density at radius 3 is 3.15 bits per heavy atom. The lowest BCUT2D eigenvalue weighted by atomic mass is 10.1. The molecule has 1 fully saturated rings. The second-order valence-electron chi connectivity index (χ2n) is 4.97. The number of nitrogens with one attached hydrogen (secondary N) is 1. The van der Waals surface area contributed by atoms with Crippen LogP contribution in [0.2, 0.25) is 5.02 Å². The highest BCUT2D eigenvalue weighted by Crippen LogP contribution is 2.17. The molecule has 1 saturated heterocycles. The van der Waals surface area contributed by atoms with E-state index in [2.05, 4.69) is 11.4 Å². The Hall–Kier alpha value is -0.710. The molecular weight excluding hydrogens is 294 g/mol. The molecule has 1 heterocycles. The first-order valence-electron chi connectivity index (χ1n) is 6.90. The van der Waals surface area contributed by atoms with Gasteiger partial charge in [-0.3, -0.25) is 4.79 Å². The number of benzene rings is 1. The summed E-state index contributed by atoms with van der Waals surface area (Å²) in [5, 5.41) is 3.74. The van der Waals surface area contributed by atoms with Gasteiger partial charge in [-0.05, 0) is 30.0 Å². The Morgan fingerprint density at radius 2 is 2.40 bits per heavy atom. The molecule has 0 bridgehead atoms. The van der Waals surface area contributed by atoms with Crippen molar-refractivity contribution in [1.29, 1.82) is 0 Å². The van der Waals surface area contributed by atoms with Crippen LogP contribution in [0, 0.1) is 5.92 Å². The molecule has 1 aromatic rings. The zero-order chi connectivity index (χ0) is 14.2. The van der Waals surface area contributed by atoms with Gasteiger partial charge in [-0.25, -0.2) is 0 Å².